The third-order valence-electron chi connectivity index (χ3n) is 3.00. The number of nitrogens with one attached hydrogen (secondary N) is 2. The maximum absolute atomic E-state index is 11.5. The van der Waals surface area contributed by atoms with Crippen molar-refractivity contribution >= 4 is 11.7 Å². The maximum atomic E-state index is 11.5. The zero-order chi connectivity index (χ0) is 13.5. The fraction of sp³-hybridized carbons (Fsp3) is 0.500. The van der Waals surface area contributed by atoms with E-state index in [1.807, 2.05) is 24.3 Å². The first kappa shape index (κ1) is 14.5. The molecule has 1 aromatic rings. The fourth-order valence-corrected chi connectivity index (χ4v) is 1.57. The quantitative estimate of drug-likeness (QED) is 0.752. The molecular weight excluding hydrogens is 228 g/mol. The van der Waals surface area contributed by atoms with Crippen LogP contribution < -0.4 is 10.6 Å². The maximum Gasteiger partial charge on any atom is 0.319 e. The Hall–Kier alpha value is -1.55. The minimum absolute atomic E-state index is 0.0691. The van der Waals surface area contributed by atoms with Gasteiger partial charge >= 0.3 is 6.03 Å². The molecule has 0 bridgehead atoms. The molecule has 3 N–H and O–H groups in total. The summed E-state index contributed by atoms with van der Waals surface area (Å²) in [5.41, 5.74) is 2.02. The average molecular weight is 250 g/mol. The molecule has 1 aromatic carbocycles. The summed E-state index contributed by atoms with van der Waals surface area (Å²) in [4.78, 5) is 11.5. The van der Waals surface area contributed by atoms with E-state index in [9.17, 15) is 4.79 Å². The van der Waals surface area contributed by atoms with Crippen LogP contribution >= 0.6 is 0 Å². The number of hydrogen-bond donors (Lipinski definition) is 3. The van der Waals surface area contributed by atoms with Crippen molar-refractivity contribution in [3.05, 3.63) is 29.8 Å². The molecule has 100 valence electrons. The zero-order valence-corrected chi connectivity index (χ0v) is 11.2. The molecule has 1 rings (SSSR count). The Morgan fingerprint density at radius 2 is 1.89 bits per heavy atom. The molecule has 0 aliphatic carbocycles. The molecule has 0 unspecified atom stereocenters. The highest BCUT2D eigenvalue weighted by Gasteiger charge is 2.07. The third-order valence-corrected chi connectivity index (χ3v) is 3.00. The van der Waals surface area contributed by atoms with Crippen LogP contribution in [0.4, 0.5) is 10.5 Å². The smallest absolute Gasteiger partial charge is 0.319 e. The van der Waals surface area contributed by atoms with Gasteiger partial charge in [0.2, 0.25) is 0 Å². The Bertz CT molecular complexity index is 376. The topological polar surface area (TPSA) is 61.4 Å². The van der Waals surface area contributed by atoms with Crippen molar-refractivity contribution in [2.45, 2.75) is 39.2 Å². The van der Waals surface area contributed by atoms with Crippen molar-refractivity contribution in [1.82, 2.24) is 5.32 Å². The first-order chi connectivity index (χ1) is 8.56. The number of anilines is 1. The van der Waals surface area contributed by atoms with Crippen molar-refractivity contribution in [2.75, 3.05) is 11.9 Å². The molecule has 18 heavy (non-hydrogen) atoms. The molecule has 4 heteroatoms. The average Bonchev–Trinajstić information content (AvgIpc) is 2.38. The number of aliphatic hydroxyl groups is 1. The summed E-state index contributed by atoms with van der Waals surface area (Å²) in [5.74, 6) is 0.530. The summed E-state index contributed by atoms with van der Waals surface area (Å²) >= 11 is 0. The number of hydrogen-bond acceptors (Lipinski definition) is 2. The molecule has 0 aromatic heterocycles. The van der Waals surface area contributed by atoms with Gasteiger partial charge in [-0.2, -0.15) is 0 Å². The largest absolute Gasteiger partial charge is 0.394 e. The summed E-state index contributed by atoms with van der Waals surface area (Å²) in [6, 6.07) is 7.30. The number of benzene rings is 1. The van der Waals surface area contributed by atoms with E-state index in [-0.39, 0.29) is 18.7 Å². The number of urea groups is 1. The molecule has 0 saturated carbocycles. The first-order valence-electron chi connectivity index (χ1n) is 6.35. The minimum Gasteiger partial charge on any atom is -0.394 e. The summed E-state index contributed by atoms with van der Waals surface area (Å²) in [5, 5.41) is 14.2. The van der Waals surface area contributed by atoms with Gasteiger partial charge in [-0.25, -0.2) is 4.79 Å². The van der Waals surface area contributed by atoms with Gasteiger partial charge in [0.25, 0.3) is 0 Å². The van der Waals surface area contributed by atoms with Gasteiger partial charge in [-0.05, 0) is 37.0 Å². The van der Waals surface area contributed by atoms with Crippen LogP contribution in [0.5, 0.6) is 0 Å². The van der Waals surface area contributed by atoms with E-state index in [2.05, 4.69) is 24.5 Å². The normalized spacial score (nSPS) is 13.8. The Labute approximate surface area is 108 Å². The lowest BCUT2D eigenvalue weighted by Crippen LogP contribution is -2.38. The molecule has 0 heterocycles. The van der Waals surface area contributed by atoms with Gasteiger partial charge in [0.05, 0.1) is 12.6 Å². The van der Waals surface area contributed by atoms with Crippen LogP contribution in [-0.4, -0.2) is 23.8 Å². The van der Waals surface area contributed by atoms with Crippen molar-refractivity contribution < 1.29 is 9.90 Å². The lowest BCUT2D eigenvalue weighted by Gasteiger charge is -2.13. The number of carbonyl (C=O) groups excluding carboxylic acids is 1. The van der Waals surface area contributed by atoms with Crippen LogP contribution in [0.25, 0.3) is 0 Å². The second kappa shape index (κ2) is 7.01. The Morgan fingerprint density at radius 3 is 2.39 bits per heavy atom. The summed E-state index contributed by atoms with van der Waals surface area (Å²) in [7, 11) is 0. The summed E-state index contributed by atoms with van der Waals surface area (Å²) < 4.78 is 0. The highest BCUT2D eigenvalue weighted by atomic mass is 16.3. The van der Waals surface area contributed by atoms with Gasteiger partial charge in [-0.3, -0.25) is 0 Å². The van der Waals surface area contributed by atoms with Crippen LogP contribution in [0.1, 0.15) is 38.7 Å². The Morgan fingerprint density at radius 1 is 1.28 bits per heavy atom. The lowest BCUT2D eigenvalue weighted by atomic mass is 9.99. The molecule has 4 nitrogen and oxygen atoms in total. The molecule has 0 fully saturated rings. The van der Waals surface area contributed by atoms with Crippen molar-refractivity contribution in [3.63, 3.8) is 0 Å². The highest BCUT2D eigenvalue weighted by molar-refractivity contribution is 5.89. The molecule has 0 aliphatic rings. The van der Waals surface area contributed by atoms with E-state index in [0.29, 0.717) is 5.92 Å². The predicted octanol–water partition coefficient (Wildman–Crippen LogP) is 2.70. The van der Waals surface area contributed by atoms with Gasteiger partial charge in [0.15, 0.2) is 0 Å². The third kappa shape index (κ3) is 4.37. The molecular formula is C14H22N2O2. The second-order valence-corrected chi connectivity index (χ2v) is 4.61. The molecule has 2 amide bonds. The molecule has 2 atom stereocenters. The van der Waals surface area contributed by atoms with Crippen molar-refractivity contribution in [2.24, 2.45) is 0 Å². The van der Waals surface area contributed by atoms with Gasteiger partial charge < -0.3 is 15.7 Å². The highest BCUT2D eigenvalue weighted by Crippen LogP contribution is 2.20. The number of amides is 2. The van der Waals surface area contributed by atoms with E-state index in [1.54, 1.807) is 6.92 Å². The standard InChI is InChI=1S/C14H22N2O2/c1-4-10(2)12-5-7-13(8-6-12)16-14(18)15-11(3)9-17/h5-8,10-11,17H,4,9H2,1-3H3,(H2,15,16,18)/t10-,11-/m1/s1. The van der Waals surface area contributed by atoms with Crippen LogP contribution in [-0.2, 0) is 0 Å². The minimum atomic E-state index is -0.298. The SMILES string of the molecule is CC[C@@H](C)c1ccc(NC(=O)N[C@H](C)CO)cc1. The first-order valence-corrected chi connectivity index (χ1v) is 6.35. The van der Waals surface area contributed by atoms with E-state index in [4.69, 9.17) is 5.11 Å². The zero-order valence-electron chi connectivity index (χ0n) is 11.2. The van der Waals surface area contributed by atoms with E-state index < -0.39 is 0 Å². The monoisotopic (exact) mass is 250 g/mol. The molecule has 0 aliphatic heterocycles. The van der Waals surface area contributed by atoms with E-state index in [1.165, 1.54) is 5.56 Å². The van der Waals surface area contributed by atoms with Gasteiger partial charge in [0, 0.05) is 5.69 Å². The van der Waals surface area contributed by atoms with E-state index >= 15 is 0 Å². The number of aliphatic hydroxyl groups excluding tert-OH is 1. The molecule has 0 saturated heterocycles. The van der Waals surface area contributed by atoms with Crippen LogP contribution in [0.3, 0.4) is 0 Å². The van der Waals surface area contributed by atoms with Gasteiger partial charge in [-0.15, -0.1) is 0 Å². The van der Waals surface area contributed by atoms with Crippen molar-refractivity contribution in [1.29, 1.82) is 0 Å². The van der Waals surface area contributed by atoms with E-state index in [0.717, 1.165) is 12.1 Å². The number of rotatable bonds is 5. The van der Waals surface area contributed by atoms with Crippen molar-refractivity contribution in [3.8, 4) is 0 Å². The predicted molar refractivity (Wildman–Crippen MR) is 73.9 cm³/mol. The van der Waals surface area contributed by atoms with Gasteiger partial charge in [0.1, 0.15) is 0 Å². The Kier molecular flexibility index (Phi) is 5.65. The number of carbonyl (C=O) groups is 1. The lowest BCUT2D eigenvalue weighted by molar-refractivity contribution is 0.229. The molecule has 0 spiro atoms. The Balaban J connectivity index is 2.55. The summed E-state index contributed by atoms with van der Waals surface area (Å²) in [6.07, 6.45) is 1.10. The van der Waals surface area contributed by atoms with Crippen LogP contribution in [0, 0.1) is 0 Å². The van der Waals surface area contributed by atoms with Gasteiger partial charge in [-0.1, -0.05) is 26.0 Å². The fourth-order valence-electron chi connectivity index (χ4n) is 1.57. The van der Waals surface area contributed by atoms with Crippen LogP contribution in [0.15, 0.2) is 24.3 Å². The molecule has 0 radical (unpaired) electrons. The summed E-state index contributed by atoms with van der Waals surface area (Å²) in [6.45, 7) is 6.00. The second-order valence-electron chi connectivity index (χ2n) is 4.61. The van der Waals surface area contributed by atoms with Crippen LogP contribution in [0.2, 0.25) is 0 Å².